The molecule has 0 aliphatic rings. The van der Waals surface area contributed by atoms with Crippen molar-refractivity contribution in [3.05, 3.63) is 0 Å². The van der Waals surface area contributed by atoms with Crippen LogP contribution in [0.25, 0.3) is 0 Å². The molecule has 0 spiro atoms. The third-order valence-electron chi connectivity index (χ3n) is 4.66. The molecule has 31 heavy (non-hydrogen) atoms. The number of nitrogens with two attached hydrogens (primary N) is 2. The minimum Gasteiger partial charge on any atom is -0.480 e. The molecule has 0 aliphatic heterocycles. The van der Waals surface area contributed by atoms with Gasteiger partial charge in [0.05, 0.1) is 0 Å². The Hall–Kier alpha value is -1.19. The van der Waals surface area contributed by atoms with Crippen LogP contribution in [-0.2, 0) is 9.36 Å². The average molecular weight is 469 g/mol. The lowest BCUT2D eigenvalue weighted by Gasteiger charge is -2.13. The van der Waals surface area contributed by atoms with Gasteiger partial charge in [-0.2, -0.15) is 0 Å². The number of nitrogens with zero attached hydrogens (tertiary/aromatic N) is 1. The Kier molecular flexibility index (Phi) is 22.7. The highest BCUT2D eigenvalue weighted by molar-refractivity contribution is 7.45. The number of hydrogen-bond acceptors (Lipinski definition) is 4. The van der Waals surface area contributed by atoms with Gasteiger partial charge in [-0.15, -0.1) is 0 Å². The van der Waals surface area contributed by atoms with Crippen molar-refractivity contribution < 1.29 is 29.1 Å². The predicted molar refractivity (Wildman–Crippen MR) is 125 cm³/mol. The van der Waals surface area contributed by atoms with Crippen molar-refractivity contribution in [1.29, 1.82) is 0 Å². The van der Waals surface area contributed by atoms with Gasteiger partial charge in [0.25, 0.3) is 0 Å². The van der Waals surface area contributed by atoms with Crippen molar-refractivity contribution in [1.82, 2.24) is 5.32 Å². The molecule has 0 amide bonds. The van der Waals surface area contributed by atoms with Crippen LogP contribution in [0.4, 0.5) is 0 Å². The van der Waals surface area contributed by atoms with Gasteiger partial charge < -0.3 is 36.6 Å². The van der Waals surface area contributed by atoms with Gasteiger partial charge in [0.15, 0.2) is 5.96 Å². The number of nitrogens with one attached hydrogen (secondary N) is 1. The zero-order valence-electron chi connectivity index (χ0n) is 19.0. The first-order chi connectivity index (χ1) is 14.6. The van der Waals surface area contributed by atoms with Crippen molar-refractivity contribution in [2.24, 2.45) is 16.5 Å². The molecule has 0 saturated heterocycles. The lowest BCUT2D eigenvalue weighted by Crippen LogP contribution is -2.37. The van der Waals surface area contributed by atoms with E-state index in [2.05, 4.69) is 17.2 Å². The minimum absolute atomic E-state index is 0.0568. The molecule has 9 N–H and O–H groups in total. The number of unbranched alkanes of at least 4 members (excludes halogenated alkanes) is 11. The second-order valence-corrected chi connectivity index (χ2v) is 8.72. The van der Waals surface area contributed by atoms with Crippen LogP contribution in [0.1, 0.15) is 96.8 Å². The Labute approximate surface area is 187 Å². The molecule has 0 saturated carbocycles. The molecule has 0 rings (SSSR count). The van der Waals surface area contributed by atoms with Gasteiger partial charge in [-0.1, -0.05) is 77.6 Å². The van der Waals surface area contributed by atoms with Crippen LogP contribution < -0.4 is 16.8 Å². The van der Waals surface area contributed by atoms with E-state index in [1.54, 1.807) is 0 Å². The topological polar surface area (TPSA) is 191 Å². The van der Waals surface area contributed by atoms with Crippen LogP contribution in [0.15, 0.2) is 4.99 Å². The normalized spacial score (nSPS) is 12.0. The Bertz CT molecular complexity index is 490. The smallest absolute Gasteiger partial charge is 0.466 e. The van der Waals surface area contributed by atoms with E-state index in [4.69, 9.17) is 30.7 Å². The van der Waals surface area contributed by atoms with Crippen LogP contribution in [0.2, 0.25) is 0 Å². The Morgan fingerprint density at radius 1 is 0.871 bits per heavy atom. The van der Waals surface area contributed by atoms with E-state index in [-0.39, 0.29) is 5.96 Å². The molecule has 0 heterocycles. The predicted octanol–water partition coefficient (Wildman–Crippen LogP) is 2.86. The SMILES string of the molecule is CCCCCCCCCCCCCCNC(CCCN=C(N)N)C(=O)O.O=P(O)(O)O. The summed E-state index contributed by atoms with van der Waals surface area (Å²) in [6, 6.07) is -0.503. The van der Waals surface area contributed by atoms with Crippen molar-refractivity contribution in [2.45, 2.75) is 103 Å². The molecule has 0 bridgehead atoms. The molecular formula is C20H45N4O6P. The van der Waals surface area contributed by atoms with Crippen molar-refractivity contribution in [3.63, 3.8) is 0 Å². The van der Waals surface area contributed by atoms with Gasteiger partial charge >= 0.3 is 13.8 Å². The Morgan fingerprint density at radius 3 is 1.68 bits per heavy atom. The van der Waals surface area contributed by atoms with Gasteiger partial charge in [-0.3, -0.25) is 9.79 Å². The lowest BCUT2D eigenvalue weighted by atomic mass is 10.1. The summed E-state index contributed by atoms with van der Waals surface area (Å²) >= 11 is 0. The molecule has 0 aliphatic carbocycles. The number of hydrogen-bond donors (Lipinski definition) is 7. The highest BCUT2D eigenvalue weighted by atomic mass is 31.2. The third kappa shape index (κ3) is 33.6. The first-order valence-electron chi connectivity index (χ1n) is 11.4. The Morgan fingerprint density at radius 2 is 1.29 bits per heavy atom. The van der Waals surface area contributed by atoms with Crippen LogP contribution in [0.3, 0.4) is 0 Å². The lowest BCUT2D eigenvalue weighted by molar-refractivity contribution is -0.139. The maximum atomic E-state index is 11.2. The number of aliphatic carboxylic acids is 1. The third-order valence-corrected chi connectivity index (χ3v) is 4.66. The number of phosphoric acid groups is 1. The van der Waals surface area contributed by atoms with E-state index in [1.807, 2.05) is 0 Å². The largest absolute Gasteiger partial charge is 0.480 e. The summed E-state index contributed by atoms with van der Waals surface area (Å²) in [4.78, 5) is 36.7. The molecule has 10 nitrogen and oxygen atoms in total. The summed E-state index contributed by atoms with van der Waals surface area (Å²) in [6.45, 7) is 3.50. The molecule has 0 aromatic carbocycles. The number of guanidine groups is 1. The number of carboxylic acid groups (broad SMARTS) is 1. The number of carbonyl (C=O) groups is 1. The number of rotatable bonds is 19. The summed E-state index contributed by atoms with van der Waals surface area (Å²) in [5.74, 6) is -0.741. The second-order valence-electron chi connectivity index (χ2n) is 7.70. The van der Waals surface area contributed by atoms with E-state index < -0.39 is 19.8 Å². The van der Waals surface area contributed by atoms with Gasteiger partial charge in [-0.05, 0) is 25.8 Å². The van der Waals surface area contributed by atoms with Gasteiger partial charge in [0.2, 0.25) is 0 Å². The first-order valence-corrected chi connectivity index (χ1v) is 12.9. The van der Waals surface area contributed by atoms with Crippen molar-refractivity contribution in [3.8, 4) is 0 Å². The molecular weight excluding hydrogens is 423 g/mol. The zero-order chi connectivity index (χ0) is 24.0. The van der Waals surface area contributed by atoms with Gasteiger partial charge in [0, 0.05) is 6.54 Å². The quantitative estimate of drug-likeness (QED) is 0.0646. The maximum Gasteiger partial charge on any atom is 0.466 e. The average Bonchev–Trinajstić information content (AvgIpc) is 2.65. The molecule has 0 aromatic rings. The number of aliphatic imine (C=N–C) groups is 1. The van der Waals surface area contributed by atoms with E-state index in [9.17, 15) is 9.90 Å². The summed E-state index contributed by atoms with van der Waals surface area (Å²) in [6.07, 6.45) is 16.9. The van der Waals surface area contributed by atoms with E-state index in [0.29, 0.717) is 19.4 Å². The summed E-state index contributed by atoms with van der Waals surface area (Å²) in [5.41, 5.74) is 10.5. The molecule has 1 unspecified atom stereocenters. The van der Waals surface area contributed by atoms with Crippen LogP contribution in [-0.4, -0.2) is 50.8 Å². The summed E-state index contributed by atoms with van der Waals surface area (Å²) < 4.78 is 8.88. The van der Waals surface area contributed by atoms with Crippen molar-refractivity contribution in [2.75, 3.05) is 13.1 Å². The van der Waals surface area contributed by atoms with E-state index in [1.165, 1.54) is 70.6 Å². The fourth-order valence-electron chi connectivity index (χ4n) is 3.06. The fourth-order valence-corrected chi connectivity index (χ4v) is 3.06. The van der Waals surface area contributed by atoms with Crippen molar-refractivity contribution >= 4 is 19.8 Å². The fraction of sp³-hybridized carbons (Fsp3) is 0.900. The highest BCUT2D eigenvalue weighted by Gasteiger charge is 2.15. The summed E-state index contributed by atoms with van der Waals surface area (Å²) in [7, 11) is -4.64. The second kappa shape index (κ2) is 22.0. The van der Waals surface area contributed by atoms with Crippen LogP contribution in [0, 0.1) is 0 Å². The van der Waals surface area contributed by atoms with Gasteiger partial charge in [0.1, 0.15) is 6.04 Å². The van der Waals surface area contributed by atoms with E-state index in [0.717, 1.165) is 13.0 Å². The molecule has 186 valence electrons. The minimum atomic E-state index is -4.64. The number of carboxylic acids is 1. The van der Waals surface area contributed by atoms with Crippen LogP contribution in [0.5, 0.6) is 0 Å². The van der Waals surface area contributed by atoms with Gasteiger partial charge in [-0.25, -0.2) is 4.57 Å². The molecule has 11 heteroatoms. The first kappa shape index (κ1) is 32.0. The molecule has 0 aromatic heterocycles. The molecule has 0 fully saturated rings. The van der Waals surface area contributed by atoms with E-state index >= 15 is 0 Å². The highest BCUT2D eigenvalue weighted by Crippen LogP contribution is 2.25. The Balaban J connectivity index is 0. The summed E-state index contributed by atoms with van der Waals surface area (Å²) in [5, 5.41) is 12.4. The standard InChI is InChI=1S/C20H42N4O2.H3O4P/c1-2-3-4-5-6-7-8-9-10-11-12-13-16-23-18(19(25)26)15-14-17-24-20(21)22;1-5(2,3)4/h18,23H,2-17H2,1H3,(H,25,26)(H4,21,22,24);(H3,1,2,3,4). The zero-order valence-corrected chi connectivity index (χ0v) is 19.9. The monoisotopic (exact) mass is 468 g/mol. The molecule has 1 atom stereocenters. The maximum absolute atomic E-state index is 11.2. The molecule has 0 radical (unpaired) electrons. The van der Waals surface area contributed by atoms with Crippen LogP contribution >= 0.6 is 7.82 Å².